The van der Waals surface area contributed by atoms with Crippen molar-refractivity contribution in [2.45, 2.75) is 65.0 Å². The molecule has 0 aliphatic heterocycles. The van der Waals surface area contributed by atoms with Gasteiger partial charge >= 0.3 is 0 Å². The highest BCUT2D eigenvalue weighted by Crippen LogP contribution is 2.68. The van der Waals surface area contributed by atoms with E-state index in [9.17, 15) is 0 Å². The number of hydrogen-bond donors (Lipinski definition) is 1. The lowest BCUT2D eigenvalue weighted by Crippen LogP contribution is -3.00. The third kappa shape index (κ3) is 5.91. The second kappa shape index (κ2) is 10.8. The number of nitrogens with one attached hydrogen (secondary N) is 1. The zero-order valence-corrected chi connectivity index (χ0v) is 19.2. The van der Waals surface area contributed by atoms with Crippen LogP contribution in [0.4, 0.5) is 0 Å². The number of pyridine rings is 1. The van der Waals surface area contributed by atoms with Crippen LogP contribution in [0.15, 0.2) is 16.7 Å². The molecule has 0 aliphatic rings. The molecule has 0 saturated carbocycles. The highest BCUT2D eigenvalue weighted by atomic mass is 79.9. The van der Waals surface area contributed by atoms with Crippen molar-refractivity contribution in [2.75, 3.05) is 19.0 Å². The van der Waals surface area contributed by atoms with E-state index in [4.69, 9.17) is 4.98 Å². The molecule has 0 bridgehead atoms. The van der Waals surface area contributed by atoms with E-state index in [-0.39, 0.29) is 12.4 Å². The Morgan fingerprint density at radius 1 is 1.12 bits per heavy atom. The second-order valence-electron chi connectivity index (χ2n) is 7.08. The Morgan fingerprint density at radius 2 is 1.76 bits per heavy atom. The lowest BCUT2D eigenvalue weighted by Gasteiger charge is -2.30. The van der Waals surface area contributed by atoms with E-state index in [1.165, 1.54) is 56.7 Å². The van der Waals surface area contributed by atoms with Gasteiger partial charge in [0.1, 0.15) is 11.5 Å². The SMILES string of the molecule is CCCC[P+](C)(CCCC)C(CCC)c1nc2ncc(Br)cc2[nH]1.[Cl-]. The van der Waals surface area contributed by atoms with Crippen molar-refractivity contribution in [3.05, 3.63) is 22.6 Å². The lowest BCUT2D eigenvalue weighted by molar-refractivity contribution is -0.00000544. The topological polar surface area (TPSA) is 41.6 Å². The molecule has 1 unspecified atom stereocenters. The van der Waals surface area contributed by atoms with Gasteiger partial charge in [-0.3, -0.25) is 0 Å². The summed E-state index contributed by atoms with van der Waals surface area (Å²) in [5.74, 6) is 1.18. The molecule has 0 amide bonds. The van der Waals surface area contributed by atoms with Crippen molar-refractivity contribution in [2.24, 2.45) is 0 Å². The minimum atomic E-state index is -1.05. The molecule has 2 heterocycles. The number of halogens is 2. The van der Waals surface area contributed by atoms with Gasteiger partial charge in [0, 0.05) is 24.6 Å². The molecule has 25 heavy (non-hydrogen) atoms. The van der Waals surface area contributed by atoms with E-state index in [2.05, 4.69) is 59.4 Å². The Kier molecular flexibility index (Phi) is 9.92. The Balaban J connectivity index is 0.00000312. The van der Waals surface area contributed by atoms with Crippen LogP contribution in [0.3, 0.4) is 0 Å². The Hall–Kier alpha value is -0.180. The van der Waals surface area contributed by atoms with Gasteiger partial charge in [0.25, 0.3) is 0 Å². The van der Waals surface area contributed by atoms with Gasteiger partial charge in [0.05, 0.1) is 17.8 Å². The average Bonchev–Trinajstić information content (AvgIpc) is 2.98. The van der Waals surface area contributed by atoms with Gasteiger partial charge in [0.2, 0.25) is 0 Å². The third-order valence-electron chi connectivity index (χ3n) is 5.00. The number of aromatic nitrogens is 3. The summed E-state index contributed by atoms with van der Waals surface area (Å²) >= 11 is 3.51. The summed E-state index contributed by atoms with van der Waals surface area (Å²) in [6.45, 7) is 9.51. The van der Waals surface area contributed by atoms with Gasteiger partial charge in [-0.15, -0.1) is 0 Å². The monoisotopic (exact) mass is 447 g/mol. The normalized spacial score (nSPS) is 13.0. The van der Waals surface area contributed by atoms with Crippen molar-refractivity contribution >= 4 is 34.4 Å². The van der Waals surface area contributed by atoms with Crippen molar-refractivity contribution in [3.8, 4) is 0 Å². The number of rotatable bonds is 10. The summed E-state index contributed by atoms with van der Waals surface area (Å²) in [6, 6.07) is 2.09. The highest BCUT2D eigenvalue weighted by molar-refractivity contribution is 9.10. The minimum absolute atomic E-state index is 0. The van der Waals surface area contributed by atoms with Gasteiger partial charge in [-0.25, -0.2) is 9.97 Å². The summed E-state index contributed by atoms with van der Waals surface area (Å²) in [4.78, 5) is 13.0. The number of hydrogen-bond acceptors (Lipinski definition) is 2. The van der Waals surface area contributed by atoms with Gasteiger partial charge < -0.3 is 17.4 Å². The van der Waals surface area contributed by atoms with E-state index in [1.54, 1.807) is 0 Å². The van der Waals surface area contributed by atoms with E-state index in [0.717, 1.165) is 15.6 Å². The molecule has 1 N–H and O–H groups in total. The maximum absolute atomic E-state index is 4.90. The number of nitrogens with zero attached hydrogens (tertiary/aromatic N) is 2. The van der Waals surface area contributed by atoms with Gasteiger partial charge in [-0.2, -0.15) is 0 Å². The predicted molar refractivity (Wildman–Crippen MR) is 112 cm³/mol. The van der Waals surface area contributed by atoms with Gasteiger partial charge in [0.15, 0.2) is 5.65 Å². The zero-order chi connectivity index (χ0) is 17.6. The molecule has 0 fully saturated rings. The fourth-order valence-electron chi connectivity index (χ4n) is 3.53. The highest BCUT2D eigenvalue weighted by Gasteiger charge is 2.42. The van der Waals surface area contributed by atoms with Crippen LogP contribution >= 0.6 is 23.2 Å². The molecule has 0 aromatic carbocycles. The number of H-pyrrole nitrogens is 1. The van der Waals surface area contributed by atoms with Gasteiger partial charge in [-0.05, 0) is 41.3 Å². The molecule has 2 aromatic rings. The van der Waals surface area contributed by atoms with Crippen LogP contribution < -0.4 is 12.4 Å². The molecule has 2 aromatic heterocycles. The molecule has 0 radical (unpaired) electrons. The van der Waals surface area contributed by atoms with Crippen molar-refractivity contribution in [3.63, 3.8) is 0 Å². The molecular weight excluding hydrogens is 417 g/mol. The summed E-state index contributed by atoms with van der Waals surface area (Å²) < 4.78 is 1.01. The standard InChI is InChI=1S/C19H32BrN3P.ClH/c1-5-8-11-24(4,12-9-6-2)17(10-7-3)19-22-16-13-15(20)14-21-18(16)23-19;/h13-14,17H,5-12H2,1-4H3,(H,21,22,23);1H/q+1;/p-1. The van der Waals surface area contributed by atoms with E-state index >= 15 is 0 Å². The largest absolute Gasteiger partial charge is 1.00 e. The Bertz CT molecular complexity index is 639. The summed E-state index contributed by atoms with van der Waals surface area (Å²) in [6.07, 6.45) is 12.3. The van der Waals surface area contributed by atoms with Crippen LogP contribution in [0.25, 0.3) is 11.2 Å². The number of fused-ring (bicyclic) bond motifs is 1. The van der Waals surface area contributed by atoms with Crippen LogP contribution in [0.2, 0.25) is 0 Å². The fraction of sp³-hybridized carbons (Fsp3) is 0.684. The van der Waals surface area contributed by atoms with Crippen LogP contribution in [-0.4, -0.2) is 33.9 Å². The molecule has 2 rings (SSSR count). The summed E-state index contributed by atoms with van der Waals surface area (Å²) in [5, 5.41) is 0. The molecule has 0 saturated heterocycles. The van der Waals surface area contributed by atoms with E-state index < -0.39 is 7.26 Å². The summed E-state index contributed by atoms with van der Waals surface area (Å²) in [7, 11) is -1.05. The first-order valence-electron chi connectivity index (χ1n) is 9.39. The quantitative estimate of drug-likeness (QED) is 0.562. The number of imidazole rings is 1. The Labute approximate surface area is 168 Å². The van der Waals surface area contributed by atoms with Crippen LogP contribution in [0, 0.1) is 0 Å². The second-order valence-corrected chi connectivity index (χ2v) is 12.5. The minimum Gasteiger partial charge on any atom is -1.00 e. The fourth-order valence-corrected chi connectivity index (χ4v) is 8.38. The maximum Gasteiger partial charge on any atom is 0.177 e. The predicted octanol–water partition coefficient (Wildman–Crippen LogP) is 3.81. The van der Waals surface area contributed by atoms with E-state index in [0.29, 0.717) is 5.66 Å². The molecule has 3 nitrogen and oxygen atoms in total. The smallest absolute Gasteiger partial charge is 0.177 e. The lowest BCUT2D eigenvalue weighted by atomic mass is 10.2. The van der Waals surface area contributed by atoms with Gasteiger partial charge in [-0.1, -0.05) is 40.0 Å². The molecular formula is C19H32BrClN3P. The van der Waals surface area contributed by atoms with Crippen LogP contribution in [0.5, 0.6) is 0 Å². The first-order valence-corrected chi connectivity index (χ1v) is 12.9. The number of aromatic amines is 1. The summed E-state index contributed by atoms with van der Waals surface area (Å²) in [5.41, 5.74) is 2.50. The zero-order valence-electron chi connectivity index (χ0n) is 16.0. The van der Waals surface area contributed by atoms with Crippen molar-refractivity contribution < 1.29 is 12.4 Å². The first-order chi connectivity index (χ1) is 11.5. The van der Waals surface area contributed by atoms with Crippen LogP contribution in [0.1, 0.15) is 70.8 Å². The third-order valence-corrected chi connectivity index (χ3v) is 10.1. The molecule has 1 atom stereocenters. The maximum atomic E-state index is 4.90. The van der Waals surface area contributed by atoms with Crippen LogP contribution in [-0.2, 0) is 0 Å². The molecule has 0 spiro atoms. The molecule has 0 aliphatic carbocycles. The average molecular weight is 449 g/mol. The first kappa shape index (κ1) is 22.9. The van der Waals surface area contributed by atoms with Crippen molar-refractivity contribution in [1.29, 1.82) is 0 Å². The number of unbranched alkanes of at least 4 members (excludes halogenated alkanes) is 2. The molecule has 6 heteroatoms. The van der Waals surface area contributed by atoms with Crippen molar-refractivity contribution in [1.82, 2.24) is 15.0 Å². The molecule has 142 valence electrons. The van der Waals surface area contributed by atoms with E-state index in [1.807, 2.05) is 6.20 Å². The Morgan fingerprint density at radius 3 is 2.32 bits per heavy atom.